The van der Waals surface area contributed by atoms with E-state index >= 15 is 0 Å². The zero-order chi connectivity index (χ0) is 25.3. The highest BCUT2D eigenvalue weighted by Gasteiger charge is 2.30. The number of rotatable bonds is 8. The normalized spacial score (nSPS) is 12.3. The van der Waals surface area contributed by atoms with Gasteiger partial charge in [-0.05, 0) is 63.2 Å². The highest BCUT2D eigenvalue weighted by molar-refractivity contribution is 5.60. The highest BCUT2D eigenvalue weighted by atomic mass is 19.4. The van der Waals surface area contributed by atoms with Crippen LogP contribution in [0.3, 0.4) is 0 Å². The number of benzene rings is 2. The fourth-order valence-electron chi connectivity index (χ4n) is 3.53. The number of hydrogen-bond acceptors (Lipinski definition) is 4. The Balaban J connectivity index is 1.67. The van der Waals surface area contributed by atoms with Gasteiger partial charge in [-0.15, -0.1) is 0 Å². The molecule has 1 heterocycles. The number of alkyl halides is 3. The van der Waals surface area contributed by atoms with Crippen molar-refractivity contribution in [2.24, 2.45) is 7.05 Å². The first-order valence-corrected chi connectivity index (χ1v) is 10.8. The number of nitrogens with zero attached hydrogens (tertiary/aromatic N) is 3. The lowest BCUT2D eigenvalue weighted by atomic mass is 10.1. The molecule has 8 heteroatoms. The molecule has 1 aromatic heterocycles. The van der Waals surface area contributed by atoms with E-state index in [1.54, 1.807) is 18.5 Å². The molecule has 5 nitrogen and oxygen atoms in total. The summed E-state index contributed by atoms with van der Waals surface area (Å²) in [5, 5.41) is 14.2. The molecule has 0 amide bonds. The number of aromatic nitrogens is 2. The highest BCUT2D eigenvalue weighted by Crippen LogP contribution is 2.31. The van der Waals surface area contributed by atoms with Crippen molar-refractivity contribution < 1.29 is 23.0 Å². The Hall–Kier alpha value is -3.26. The summed E-state index contributed by atoms with van der Waals surface area (Å²) in [5.74, 6) is 0.641. The van der Waals surface area contributed by atoms with E-state index in [1.165, 1.54) is 12.1 Å². The Morgan fingerprint density at radius 2 is 1.74 bits per heavy atom. The van der Waals surface area contributed by atoms with E-state index in [-0.39, 0.29) is 5.76 Å². The SMILES string of the molecule is C=C(O)C(C)(C)Oc1ccc(CN(C)Cc2cc(-c3ccc(C(F)(F)F)cc3)nn2C)cc1C. The maximum atomic E-state index is 12.8. The molecule has 3 rings (SSSR count). The molecule has 0 radical (unpaired) electrons. The van der Waals surface area contributed by atoms with Gasteiger partial charge >= 0.3 is 6.18 Å². The number of aliphatic hydroxyl groups excluding tert-OH is 1. The van der Waals surface area contributed by atoms with Crippen molar-refractivity contribution in [3.63, 3.8) is 0 Å². The minimum absolute atomic E-state index is 0.0393. The largest absolute Gasteiger partial charge is 0.509 e. The van der Waals surface area contributed by atoms with Gasteiger partial charge in [0.15, 0.2) is 5.60 Å². The molecule has 1 N–H and O–H groups in total. The summed E-state index contributed by atoms with van der Waals surface area (Å²) in [6, 6.07) is 12.8. The first kappa shape index (κ1) is 25.4. The number of aryl methyl sites for hydroxylation is 2. The fraction of sp³-hybridized carbons (Fsp3) is 0.346. The van der Waals surface area contributed by atoms with E-state index in [4.69, 9.17) is 4.74 Å². The average molecular weight is 474 g/mol. The van der Waals surface area contributed by atoms with E-state index in [9.17, 15) is 18.3 Å². The number of aliphatic hydroxyl groups is 1. The Labute approximate surface area is 198 Å². The van der Waals surface area contributed by atoms with Gasteiger partial charge in [-0.25, -0.2) is 0 Å². The molecule has 0 saturated heterocycles. The van der Waals surface area contributed by atoms with E-state index in [0.717, 1.165) is 29.0 Å². The van der Waals surface area contributed by atoms with Crippen LogP contribution < -0.4 is 4.74 Å². The minimum Gasteiger partial charge on any atom is -0.509 e. The van der Waals surface area contributed by atoms with E-state index in [2.05, 4.69) is 16.6 Å². The number of ether oxygens (including phenoxy) is 1. The molecule has 0 atom stereocenters. The molecule has 0 spiro atoms. The number of halogens is 3. The summed E-state index contributed by atoms with van der Waals surface area (Å²) in [4.78, 5) is 2.13. The van der Waals surface area contributed by atoms with Gasteiger partial charge in [-0.3, -0.25) is 9.58 Å². The molecule has 34 heavy (non-hydrogen) atoms. The first-order valence-electron chi connectivity index (χ1n) is 10.8. The maximum Gasteiger partial charge on any atom is 0.416 e. The van der Waals surface area contributed by atoms with E-state index < -0.39 is 17.3 Å². The third kappa shape index (κ3) is 5.99. The monoisotopic (exact) mass is 473 g/mol. The van der Waals surface area contributed by atoms with E-state index in [0.29, 0.717) is 30.1 Å². The minimum atomic E-state index is -4.36. The summed E-state index contributed by atoms with van der Waals surface area (Å²) in [6.07, 6.45) is -4.36. The third-order valence-electron chi connectivity index (χ3n) is 5.67. The molecule has 0 unspecified atom stereocenters. The van der Waals surface area contributed by atoms with Crippen LogP contribution in [0.1, 0.15) is 36.2 Å². The second-order valence-electron chi connectivity index (χ2n) is 9.05. The Morgan fingerprint density at radius 1 is 1.09 bits per heavy atom. The molecular weight excluding hydrogens is 443 g/mol. The van der Waals surface area contributed by atoms with Gasteiger partial charge in [0.1, 0.15) is 11.5 Å². The Bertz CT molecular complexity index is 1170. The number of hydrogen-bond donors (Lipinski definition) is 1. The van der Waals surface area contributed by atoms with Gasteiger partial charge in [0.25, 0.3) is 0 Å². The topological polar surface area (TPSA) is 50.5 Å². The molecule has 0 fully saturated rings. The van der Waals surface area contributed by atoms with Crippen LogP contribution in [-0.2, 0) is 26.3 Å². The molecule has 0 aliphatic rings. The van der Waals surface area contributed by atoms with Crippen LogP contribution in [-0.4, -0.2) is 32.4 Å². The van der Waals surface area contributed by atoms with Crippen molar-refractivity contribution in [2.75, 3.05) is 7.05 Å². The van der Waals surface area contributed by atoms with Crippen LogP contribution in [0.4, 0.5) is 13.2 Å². The fourth-order valence-corrected chi connectivity index (χ4v) is 3.53. The van der Waals surface area contributed by atoms with Crippen LogP contribution in [0.15, 0.2) is 60.9 Å². The molecule has 0 aliphatic carbocycles. The quantitative estimate of drug-likeness (QED) is 0.392. The summed E-state index contributed by atoms with van der Waals surface area (Å²) >= 11 is 0. The zero-order valence-electron chi connectivity index (χ0n) is 20.1. The van der Waals surface area contributed by atoms with Crippen molar-refractivity contribution in [3.8, 4) is 17.0 Å². The van der Waals surface area contributed by atoms with Crippen LogP contribution in [0.25, 0.3) is 11.3 Å². The predicted octanol–water partition coefficient (Wildman–Crippen LogP) is 6.28. The molecule has 0 saturated carbocycles. The summed E-state index contributed by atoms with van der Waals surface area (Å²) in [5.41, 5.74) is 2.69. The van der Waals surface area contributed by atoms with Crippen molar-refractivity contribution in [1.82, 2.24) is 14.7 Å². The van der Waals surface area contributed by atoms with Crippen LogP contribution in [0, 0.1) is 6.92 Å². The summed E-state index contributed by atoms with van der Waals surface area (Å²) in [6.45, 7) is 10.3. The average Bonchev–Trinajstić information content (AvgIpc) is 3.09. The van der Waals surface area contributed by atoms with Gasteiger partial charge in [0.2, 0.25) is 0 Å². The van der Waals surface area contributed by atoms with Crippen molar-refractivity contribution >= 4 is 0 Å². The molecule has 2 aromatic carbocycles. The standard InChI is InChI=1S/C26H30F3N3O2/c1-17-13-19(7-12-24(17)34-25(3,4)18(2)33)15-31(5)16-22-14-23(30-32(22)6)20-8-10-21(11-9-20)26(27,28)29/h7-14,33H,2,15-16H2,1,3-6H3. The molecule has 0 aliphatic heterocycles. The van der Waals surface area contributed by atoms with Crippen molar-refractivity contribution in [1.29, 1.82) is 0 Å². The van der Waals surface area contributed by atoms with Crippen LogP contribution >= 0.6 is 0 Å². The lowest BCUT2D eigenvalue weighted by Crippen LogP contribution is -2.30. The van der Waals surface area contributed by atoms with Crippen LogP contribution in [0.2, 0.25) is 0 Å². The summed E-state index contributed by atoms with van der Waals surface area (Å²) in [7, 11) is 3.81. The van der Waals surface area contributed by atoms with Gasteiger partial charge in [-0.1, -0.05) is 30.8 Å². The molecule has 0 bridgehead atoms. The van der Waals surface area contributed by atoms with Gasteiger partial charge in [0, 0.05) is 25.7 Å². The van der Waals surface area contributed by atoms with Gasteiger partial charge < -0.3 is 9.84 Å². The smallest absolute Gasteiger partial charge is 0.416 e. The second-order valence-corrected chi connectivity index (χ2v) is 9.05. The first-order chi connectivity index (χ1) is 15.8. The van der Waals surface area contributed by atoms with Crippen LogP contribution in [0.5, 0.6) is 5.75 Å². The lowest BCUT2D eigenvalue weighted by molar-refractivity contribution is -0.137. The Kier molecular flexibility index (Phi) is 7.12. The maximum absolute atomic E-state index is 12.8. The predicted molar refractivity (Wildman–Crippen MR) is 126 cm³/mol. The molecular formula is C26H30F3N3O2. The van der Waals surface area contributed by atoms with Crippen molar-refractivity contribution in [3.05, 3.63) is 83.3 Å². The molecule has 3 aromatic rings. The zero-order valence-corrected chi connectivity index (χ0v) is 20.1. The van der Waals surface area contributed by atoms with E-state index in [1.807, 2.05) is 45.3 Å². The third-order valence-corrected chi connectivity index (χ3v) is 5.67. The van der Waals surface area contributed by atoms with Gasteiger partial charge in [0.05, 0.1) is 17.0 Å². The van der Waals surface area contributed by atoms with Gasteiger partial charge in [-0.2, -0.15) is 18.3 Å². The second kappa shape index (κ2) is 9.54. The van der Waals surface area contributed by atoms with Crippen molar-refractivity contribution in [2.45, 2.75) is 45.6 Å². The Morgan fingerprint density at radius 3 is 2.29 bits per heavy atom. The lowest BCUT2D eigenvalue weighted by Gasteiger charge is -2.26. The summed E-state index contributed by atoms with van der Waals surface area (Å²) < 4.78 is 46.1. The molecule has 182 valence electrons.